The molecule has 0 aromatic rings. The topological polar surface area (TPSA) is 57.6 Å². The second kappa shape index (κ2) is 12.9. The summed E-state index contributed by atoms with van der Waals surface area (Å²) >= 11 is 0. The van der Waals surface area contributed by atoms with E-state index >= 15 is 0 Å². The SMILES string of the molecule is CCCCCCCN1CCCC(CCCC)C1.O=S(=O)(O)C(F)(F)F. The predicted octanol–water partition coefficient (Wildman–Crippen LogP) is 5.25. The molecular weight excluding hydrogens is 355 g/mol. The Morgan fingerprint density at radius 1 is 1.04 bits per heavy atom. The molecule has 0 spiro atoms. The van der Waals surface area contributed by atoms with Gasteiger partial charge in [-0.25, -0.2) is 0 Å². The fraction of sp³-hybridized carbons (Fsp3) is 1.00. The third-order valence-electron chi connectivity index (χ3n) is 4.44. The molecule has 0 radical (unpaired) electrons. The molecule has 1 rings (SSSR count). The number of hydrogen-bond donors (Lipinski definition) is 1. The van der Waals surface area contributed by atoms with Gasteiger partial charge in [0.25, 0.3) is 0 Å². The van der Waals surface area contributed by atoms with Crippen molar-refractivity contribution in [3.05, 3.63) is 0 Å². The maximum Gasteiger partial charge on any atom is 0.522 e. The summed E-state index contributed by atoms with van der Waals surface area (Å²) in [5, 5.41) is 0. The van der Waals surface area contributed by atoms with Crippen LogP contribution in [-0.4, -0.2) is 43.0 Å². The molecule has 1 saturated heterocycles. The van der Waals surface area contributed by atoms with Gasteiger partial charge in [-0.1, -0.05) is 52.4 Å². The van der Waals surface area contributed by atoms with E-state index in [0.29, 0.717) is 0 Å². The Morgan fingerprint density at radius 3 is 2.12 bits per heavy atom. The van der Waals surface area contributed by atoms with Crippen molar-refractivity contribution < 1.29 is 26.1 Å². The van der Waals surface area contributed by atoms with Crippen LogP contribution in [0.25, 0.3) is 0 Å². The first-order chi connectivity index (χ1) is 11.6. The highest BCUT2D eigenvalue weighted by atomic mass is 32.2. The minimum Gasteiger partial charge on any atom is -0.303 e. The van der Waals surface area contributed by atoms with Crippen LogP contribution in [0, 0.1) is 5.92 Å². The Morgan fingerprint density at radius 2 is 1.60 bits per heavy atom. The highest BCUT2D eigenvalue weighted by Gasteiger charge is 2.44. The van der Waals surface area contributed by atoms with Gasteiger partial charge in [0.2, 0.25) is 0 Å². The highest BCUT2D eigenvalue weighted by Crippen LogP contribution is 2.22. The minimum atomic E-state index is -5.84. The Labute approximate surface area is 150 Å². The van der Waals surface area contributed by atoms with Crippen LogP contribution in [0.3, 0.4) is 0 Å². The fourth-order valence-corrected chi connectivity index (χ4v) is 3.02. The van der Waals surface area contributed by atoms with Gasteiger partial charge in [-0.05, 0) is 44.7 Å². The van der Waals surface area contributed by atoms with E-state index in [9.17, 15) is 13.2 Å². The van der Waals surface area contributed by atoms with E-state index in [4.69, 9.17) is 13.0 Å². The molecule has 1 heterocycles. The average molecular weight is 390 g/mol. The van der Waals surface area contributed by atoms with Crippen LogP contribution in [0.15, 0.2) is 0 Å². The van der Waals surface area contributed by atoms with Crippen molar-refractivity contribution in [2.24, 2.45) is 5.92 Å². The Bertz CT molecular complexity index is 427. The Kier molecular flexibility index (Phi) is 12.7. The Hall–Kier alpha value is -0.340. The summed E-state index contributed by atoms with van der Waals surface area (Å²) in [6, 6.07) is 0. The van der Waals surface area contributed by atoms with Crippen molar-refractivity contribution in [3.8, 4) is 0 Å². The molecule has 25 heavy (non-hydrogen) atoms. The van der Waals surface area contributed by atoms with E-state index in [0.717, 1.165) is 5.92 Å². The van der Waals surface area contributed by atoms with Gasteiger partial charge in [0, 0.05) is 6.54 Å². The molecule has 0 aromatic carbocycles. The van der Waals surface area contributed by atoms with Crippen molar-refractivity contribution in [1.29, 1.82) is 0 Å². The lowest BCUT2D eigenvalue weighted by Gasteiger charge is -2.32. The summed E-state index contributed by atoms with van der Waals surface area (Å²) in [7, 11) is -5.84. The molecule has 1 N–H and O–H groups in total. The van der Waals surface area contributed by atoms with E-state index in [1.807, 2.05) is 0 Å². The zero-order valence-corrected chi connectivity index (χ0v) is 16.3. The molecule has 1 fully saturated rings. The number of halogens is 3. The van der Waals surface area contributed by atoms with Gasteiger partial charge >= 0.3 is 15.6 Å². The van der Waals surface area contributed by atoms with Crippen LogP contribution in [0.4, 0.5) is 13.2 Å². The summed E-state index contributed by atoms with van der Waals surface area (Å²) in [5.41, 5.74) is -5.53. The van der Waals surface area contributed by atoms with Crippen LogP contribution in [0.1, 0.15) is 78.1 Å². The van der Waals surface area contributed by atoms with Crippen molar-refractivity contribution in [2.75, 3.05) is 19.6 Å². The van der Waals surface area contributed by atoms with E-state index < -0.39 is 15.6 Å². The number of piperidine rings is 1. The Balaban J connectivity index is 0.000000609. The van der Waals surface area contributed by atoms with Crippen LogP contribution in [-0.2, 0) is 10.1 Å². The van der Waals surface area contributed by atoms with Gasteiger partial charge in [-0.15, -0.1) is 0 Å². The molecule has 0 aromatic heterocycles. The number of nitrogens with zero attached hydrogens (tertiary/aromatic N) is 1. The van der Waals surface area contributed by atoms with Gasteiger partial charge in [0.1, 0.15) is 0 Å². The molecule has 0 aliphatic carbocycles. The molecule has 152 valence electrons. The summed E-state index contributed by atoms with van der Waals surface area (Å²) in [6.45, 7) is 8.74. The van der Waals surface area contributed by atoms with E-state index in [1.54, 1.807) is 0 Å². The molecular formula is C17H34F3NO3S. The first-order valence-electron chi connectivity index (χ1n) is 9.37. The summed E-state index contributed by atoms with van der Waals surface area (Å²) in [4.78, 5) is 2.73. The fourth-order valence-electron chi connectivity index (χ4n) is 3.02. The standard InChI is InChI=1S/C16H33N.CHF3O3S/c1-3-5-7-8-9-13-17-14-10-12-16(15-17)11-6-4-2;2-1(3,4)8(5,6)7/h16H,3-15H2,1-2H3;(H,5,6,7). The second-order valence-electron chi connectivity index (χ2n) is 6.79. The third kappa shape index (κ3) is 12.6. The van der Waals surface area contributed by atoms with Crippen LogP contribution >= 0.6 is 0 Å². The zero-order chi connectivity index (χ0) is 19.3. The molecule has 0 amide bonds. The molecule has 1 aliphatic heterocycles. The smallest absolute Gasteiger partial charge is 0.303 e. The quantitative estimate of drug-likeness (QED) is 0.332. The first kappa shape index (κ1) is 24.7. The molecule has 1 aliphatic rings. The monoisotopic (exact) mass is 389 g/mol. The largest absolute Gasteiger partial charge is 0.522 e. The lowest BCUT2D eigenvalue weighted by atomic mass is 9.93. The van der Waals surface area contributed by atoms with Crippen LogP contribution in [0.2, 0.25) is 0 Å². The van der Waals surface area contributed by atoms with Gasteiger partial charge in [-0.2, -0.15) is 21.6 Å². The van der Waals surface area contributed by atoms with Crippen LogP contribution in [0.5, 0.6) is 0 Å². The number of likely N-dealkylation sites (tertiary alicyclic amines) is 1. The number of hydrogen-bond acceptors (Lipinski definition) is 3. The maximum atomic E-state index is 10.7. The molecule has 0 bridgehead atoms. The normalized spacial score (nSPS) is 19.4. The molecule has 4 nitrogen and oxygen atoms in total. The third-order valence-corrected chi connectivity index (χ3v) is 5.02. The second-order valence-corrected chi connectivity index (χ2v) is 8.20. The minimum absolute atomic E-state index is 1.01. The number of unbranched alkanes of at least 4 members (excludes halogenated alkanes) is 5. The van der Waals surface area contributed by atoms with E-state index in [-0.39, 0.29) is 0 Å². The van der Waals surface area contributed by atoms with Crippen molar-refractivity contribution in [3.63, 3.8) is 0 Å². The van der Waals surface area contributed by atoms with Crippen molar-refractivity contribution >= 4 is 10.1 Å². The van der Waals surface area contributed by atoms with Crippen molar-refractivity contribution in [1.82, 2.24) is 4.90 Å². The molecule has 1 atom stereocenters. The maximum absolute atomic E-state index is 10.7. The van der Waals surface area contributed by atoms with Crippen molar-refractivity contribution in [2.45, 2.75) is 83.6 Å². The summed E-state index contributed by atoms with van der Waals surface area (Å²) < 4.78 is 57.5. The van der Waals surface area contributed by atoms with E-state index in [1.165, 1.54) is 83.8 Å². The zero-order valence-electron chi connectivity index (χ0n) is 15.5. The summed E-state index contributed by atoms with van der Waals surface area (Å²) in [6.07, 6.45) is 14.3. The van der Waals surface area contributed by atoms with Gasteiger partial charge in [0.15, 0.2) is 0 Å². The predicted molar refractivity (Wildman–Crippen MR) is 95.1 cm³/mol. The lowest BCUT2D eigenvalue weighted by Crippen LogP contribution is -2.36. The number of alkyl halides is 3. The molecule has 8 heteroatoms. The van der Waals surface area contributed by atoms with E-state index in [2.05, 4.69) is 18.7 Å². The first-order valence-corrected chi connectivity index (χ1v) is 10.8. The van der Waals surface area contributed by atoms with Crippen LogP contribution < -0.4 is 0 Å². The van der Waals surface area contributed by atoms with Gasteiger partial charge in [-0.3, -0.25) is 4.55 Å². The molecule has 0 saturated carbocycles. The van der Waals surface area contributed by atoms with Gasteiger partial charge < -0.3 is 4.90 Å². The summed E-state index contributed by atoms with van der Waals surface area (Å²) in [5.74, 6) is 1.01. The lowest BCUT2D eigenvalue weighted by molar-refractivity contribution is -0.0510. The number of rotatable bonds is 9. The molecule has 1 unspecified atom stereocenters. The highest BCUT2D eigenvalue weighted by molar-refractivity contribution is 7.86. The average Bonchev–Trinajstić information content (AvgIpc) is 2.52. The van der Waals surface area contributed by atoms with Gasteiger partial charge in [0.05, 0.1) is 0 Å².